The average molecular weight is 548 g/mol. The maximum atomic E-state index is 13.1. The second-order valence-electron chi connectivity index (χ2n) is 8.87. The minimum atomic E-state index is -0.833. The van der Waals surface area contributed by atoms with Crippen LogP contribution in [0.1, 0.15) is 83.6 Å². The first-order valence-electron chi connectivity index (χ1n) is 12.4. The molecule has 0 bridgehead atoms. The number of carboxylic acids is 1. The Morgan fingerprint density at radius 1 is 1.00 bits per heavy atom. The van der Waals surface area contributed by atoms with Crippen molar-refractivity contribution in [3.05, 3.63) is 44.7 Å². The van der Waals surface area contributed by atoms with E-state index in [1.807, 2.05) is 19.1 Å². The van der Waals surface area contributed by atoms with Gasteiger partial charge in [0.15, 0.2) is 23.1 Å². The number of hydrogen-bond donors (Lipinski definition) is 2. The number of halogens is 1. The zero-order chi connectivity index (χ0) is 25.5. The van der Waals surface area contributed by atoms with Crippen molar-refractivity contribution in [2.75, 3.05) is 13.2 Å². The van der Waals surface area contributed by atoms with Crippen LogP contribution in [0.15, 0.2) is 39.1 Å². The Hall–Kier alpha value is -2.61. The lowest BCUT2D eigenvalue weighted by Crippen LogP contribution is -2.36. The predicted octanol–water partition coefficient (Wildman–Crippen LogP) is 5.82. The maximum Gasteiger partial charge on any atom is 0.300 e. The largest absolute Gasteiger partial charge is 0.490 e. The molecule has 0 aromatic heterocycles. The summed E-state index contributed by atoms with van der Waals surface area (Å²) in [6.07, 6.45) is 6.47. The predicted molar refractivity (Wildman–Crippen MR) is 137 cm³/mol. The number of Topliss-reactive ketones (excluding diaryl/α,β-unsaturated/α-hetero) is 2. The van der Waals surface area contributed by atoms with Crippen molar-refractivity contribution in [2.24, 2.45) is 0 Å². The van der Waals surface area contributed by atoms with Gasteiger partial charge in [-0.1, -0.05) is 29.3 Å². The number of nitrogens with one attached hydrogen (secondary N) is 1. The van der Waals surface area contributed by atoms with Crippen LogP contribution in [-0.2, 0) is 14.4 Å². The summed E-state index contributed by atoms with van der Waals surface area (Å²) < 4.78 is 12.7. The molecule has 0 saturated carbocycles. The van der Waals surface area contributed by atoms with Gasteiger partial charge < -0.3 is 19.9 Å². The molecule has 1 aromatic rings. The lowest BCUT2D eigenvalue weighted by Gasteiger charge is -2.37. The van der Waals surface area contributed by atoms with E-state index in [1.54, 1.807) is 0 Å². The molecule has 2 N–H and O–H groups in total. The van der Waals surface area contributed by atoms with E-state index in [2.05, 4.69) is 28.2 Å². The highest BCUT2D eigenvalue weighted by Crippen LogP contribution is 2.49. The van der Waals surface area contributed by atoms with Crippen LogP contribution in [0.5, 0.6) is 11.5 Å². The summed E-state index contributed by atoms with van der Waals surface area (Å²) in [7, 11) is 0. The van der Waals surface area contributed by atoms with Crippen molar-refractivity contribution >= 4 is 33.5 Å². The minimum absolute atomic E-state index is 0.136. The van der Waals surface area contributed by atoms with Crippen LogP contribution in [0.4, 0.5) is 0 Å². The summed E-state index contributed by atoms with van der Waals surface area (Å²) in [5.74, 6) is 0.429. The number of hydrogen-bond acceptors (Lipinski definition) is 6. The van der Waals surface area contributed by atoms with Crippen LogP contribution in [-0.4, -0.2) is 35.9 Å². The summed E-state index contributed by atoms with van der Waals surface area (Å²) in [5.41, 5.74) is 4.38. The van der Waals surface area contributed by atoms with Crippen molar-refractivity contribution in [3.8, 4) is 11.5 Å². The summed E-state index contributed by atoms with van der Waals surface area (Å²) in [4.78, 5) is 35.1. The van der Waals surface area contributed by atoms with Gasteiger partial charge in [-0.25, -0.2) is 0 Å². The molecule has 1 aromatic carbocycles. The highest BCUT2D eigenvalue weighted by molar-refractivity contribution is 9.10. The monoisotopic (exact) mass is 547 g/mol. The number of dihydropyridines is 1. The molecule has 35 heavy (non-hydrogen) atoms. The smallest absolute Gasteiger partial charge is 0.300 e. The Labute approximate surface area is 215 Å². The molecular weight excluding hydrogens is 514 g/mol. The van der Waals surface area contributed by atoms with E-state index in [-0.39, 0.29) is 17.5 Å². The van der Waals surface area contributed by atoms with Crippen LogP contribution in [0, 0.1) is 0 Å². The Morgan fingerprint density at radius 3 is 2.06 bits per heavy atom. The van der Waals surface area contributed by atoms with Gasteiger partial charge in [0.25, 0.3) is 5.97 Å². The van der Waals surface area contributed by atoms with Gasteiger partial charge in [0.05, 0.1) is 13.2 Å². The number of unbranched alkanes of at least 4 members (excludes halogenated alkanes) is 1. The maximum absolute atomic E-state index is 13.1. The summed E-state index contributed by atoms with van der Waals surface area (Å²) in [6.45, 7) is 6.29. The van der Waals surface area contributed by atoms with Gasteiger partial charge in [-0.3, -0.25) is 14.4 Å². The SMILES string of the molecule is CC(=O)O.CCCCOc1cc(Br)c(C2C3=C(CCCC3=O)NC3=C2C(=O)CCC3)cc1OCC. The third-order valence-electron chi connectivity index (χ3n) is 6.22. The fourth-order valence-corrected chi connectivity index (χ4v) is 5.33. The Bertz CT molecular complexity index is 1010. The van der Waals surface area contributed by atoms with E-state index in [0.29, 0.717) is 37.6 Å². The molecule has 4 rings (SSSR count). The van der Waals surface area contributed by atoms with Crippen molar-refractivity contribution in [2.45, 2.75) is 78.1 Å². The standard InChI is InChI=1S/C25H30BrNO4.C2H4O2/c1-3-5-12-31-22-14-16(26)15(13-21(22)30-4-2)23-24-17(8-6-10-19(24)28)27-18-9-7-11-20(29)25(18)23;1-2(3)4/h13-14,23,27H,3-12H2,1-2H3;1H3,(H,3,4). The molecule has 0 saturated heterocycles. The summed E-state index contributed by atoms with van der Waals surface area (Å²) in [6, 6.07) is 3.89. The normalized spacial score (nSPS) is 17.7. The fraction of sp³-hybridized carbons (Fsp3) is 0.519. The molecule has 0 amide bonds. The molecule has 7 nitrogen and oxygen atoms in total. The van der Waals surface area contributed by atoms with Crippen LogP contribution in [0.3, 0.4) is 0 Å². The molecule has 0 unspecified atom stereocenters. The number of benzene rings is 1. The first kappa shape index (κ1) is 27.0. The van der Waals surface area contributed by atoms with Gasteiger partial charge in [0.1, 0.15) is 0 Å². The van der Waals surface area contributed by atoms with Crippen molar-refractivity contribution in [1.82, 2.24) is 5.32 Å². The van der Waals surface area contributed by atoms with Gasteiger partial charge in [-0.05, 0) is 56.7 Å². The second-order valence-corrected chi connectivity index (χ2v) is 9.72. The van der Waals surface area contributed by atoms with Crippen LogP contribution in [0.2, 0.25) is 0 Å². The summed E-state index contributed by atoms with van der Waals surface area (Å²) >= 11 is 3.73. The molecule has 1 aliphatic heterocycles. The molecule has 0 fully saturated rings. The number of carbonyl (C=O) groups excluding carboxylic acids is 2. The van der Waals surface area contributed by atoms with Crippen LogP contribution >= 0.6 is 15.9 Å². The van der Waals surface area contributed by atoms with Gasteiger partial charge in [-0.2, -0.15) is 0 Å². The number of carbonyl (C=O) groups is 3. The second kappa shape index (κ2) is 12.4. The molecule has 0 atom stereocenters. The Morgan fingerprint density at radius 2 is 1.54 bits per heavy atom. The minimum Gasteiger partial charge on any atom is -0.490 e. The number of ether oxygens (including phenoxy) is 2. The lowest BCUT2D eigenvalue weighted by atomic mass is 9.71. The first-order valence-corrected chi connectivity index (χ1v) is 13.2. The quantitative estimate of drug-likeness (QED) is 0.414. The van der Waals surface area contributed by atoms with E-state index < -0.39 is 5.97 Å². The number of aliphatic carboxylic acids is 1. The van der Waals surface area contributed by atoms with E-state index in [9.17, 15) is 9.59 Å². The number of carboxylic acid groups (broad SMARTS) is 1. The lowest BCUT2D eigenvalue weighted by molar-refractivity contribution is -0.134. The van der Waals surface area contributed by atoms with Gasteiger partial charge in [0.2, 0.25) is 0 Å². The fourth-order valence-electron chi connectivity index (χ4n) is 4.77. The molecule has 190 valence electrons. The topological polar surface area (TPSA) is 102 Å². The van der Waals surface area contributed by atoms with Gasteiger partial charge in [0, 0.05) is 52.7 Å². The number of ketones is 2. The van der Waals surface area contributed by atoms with E-state index >= 15 is 0 Å². The molecule has 0 spiro atoms. The van der Waals surface area contributed by atoms with E-state index in [4.69, 9.17) is 19.4 Å². The number of rotatable bonds is 7. The van der Waals surface area contributed by atoms with E-state index in [0.717, 1.165) is 78.0 Å². The molecule has 0 radical (unpaired) electrons. The third kappa shape index (κ3) is 6.34. The van der Waals surface area contributed by atoms with Crippen LogP contribution < -0.4 is 14.8 Å². The third-order valence-corrected chi connectivity index (χ3v) is 6.91. The van der Waals surface area contributed by atoms with Crippen molar-refractivity contribution in [1.29, 1.82) is 0 Å². The van der Waals surface area contributed by atoms with Crippen LogP contribution in [0.25, 0.3) is 0 Å². The number of allylic oxidation sites excluding steroid dienone is 4. The highest BCUT2D eigenvalue weighted by atomic mass is 79.9. The Kier molecular flexibility index (Phi) is 9.55. The van der Waals surface area contributed by atoms with Crippen molar-refractivity contribution < 1.29 is 29.0 Å². The Balaban J connectivity index is 0.000000795. The molecule has 1 heterocycles. The van der Waals surface area contributed by atoms with Gasteiger partial charge >= 0.3 is 0 Å². The molecule has 8 heteroatoms. The zero-order valence-electron chi connectivity index (χ0n) is 20.7. The van der Waals surface area contributed by atoms with Crippen molar-refractivity contribution in [3.63, 3.8) is 0 Å². The highest BCUT2D eigenvalue weighted by Gasteiger charge is 2.41. The summed E-state index contributed by atoms with van der Waals surface area (Å²) in [5, 5.41) is 10.9. The first-order chi connectivity index (χ1) is 16.8. The molecule has 3 aliphatic rings. The van der Waals surface area contributed by atoms with Gasteiger partial charge in [-0.15, -0.1) is 0 Å². The average Bonchev–Trinajstić information content (AvgIpc) is 2.80. The zero-order valence-corrected chi connectivity index (χ0v) is 22.3. The molecule has 2 aliphatic carbocycles. The van der Waals surface area contributed by atoms with E-state index in [1.165, 1.54) is 0 Å². The molecular formula is C27H34BrNO6.